The van der Waals surface area contributed by atoms with Crippen molar-refractivity contribution in [3.63, 3.8) is 0 Å². The third-order valence-corrected chi connectivity index (χ3v) is 24.8. The van der Waals surface area contributed by atoms with Crippen LogP contribution in [0.1, 0.15) is 120 Å². The lowest BCUT2D eigenvalue weighted by Crippen LogP contribution is -2.60. The van der Waals surface area contributed by atoms with Gasteiger partial charge in [0.15, 0.2) is 5.78 Å². The highest BCUT2D eigenvalue weighted by Crippen LogP contribution is 2.36. The van der Waals surface area contributed by atoms with Crippen LogP contribution in [0.2, 0.25) is 0 Å². The average molecular weight is 1620 g/mol. The number of nitrogens with one attached hydrogen (secondary N) is 7. The molecule has 7 aromatic rings. The normalized spacial score (nSPS) is 23.3. The number of ketones is 2. The maximum atomic E-state index is 15.5. The van der Waals surface area contributed by atoms with Crippen molar-refractivity contribution in [3.05, 3.63) is 180 Å². The zero-order chi connectivity index (χ0) is 83.2. The van der Waals surface area contributed by atoms with E-state index < -0.39 is 153 Å². The second kappa shape index (κ2) is 38.5. The first kappa shape index (κ1) is 85.6. The number of fused-ring (bicyclic) bond motifs is 2. The lowest BCUT2D eigenvalue weighted by Gasteiger charge is -2.36. The van der Waals surface area contributed by atoms with Crippen molar-refractivity contribution in [1.29, 1.82) is 0 Å². The Balaban J connectivity index is 0.867. The van der Waals surface area contributed by atoms with Gasteiger partial charge in [0.1, 0.15) is 66.4 Å². The molecule has 1 aliphatic carbocycles. The number of likely N-dealkylation sites (N-methyl/N-ethyl adjacent to an activating group) is 2. The minimum atomic E-state index is -4.14. The second-order valence-corrected chi connectivity index (χ2v) is 34.4. The van der Waals surface area contributed by atoms with Crippen LogP contribution < -0.4 is 46.1 Å². The van der Waals surface area contributed by atoms with E-state index in [0.29, 0.717) is 78.3 Å². The molecule has 1 aromatic heterocycles. The van der Waals surface area contributed by atoms with Crippen molar-refractivity contribution < 1.29 is 80.4 Å². The van der Waals surface area contributed by atoms with Crippen molar-refractivity contribution in [3.8, 4) is 11.5 Å². The predicted molar refractivity (Wildman–Crippen MR) is 435 cm³/mol. The number of carbonyl (C=O) groups excluding carboxylic acids is 9. The van der Waals surface area contributed by atoms with Crippen LogP contribution in [0.5, 0.6) is 11.5 Å². The molecular weight excluding hydrogens is 1520 g/mol. The van der Waals surface area contributed by atoms with Gasteiger partial charge >= 0.3 is 5.97 Å². The fraction of sp³-hybridized carbons (Fsp3) is 0.471. The molecule has 0 radical (unpaired) electrons. The van der Waals surface area contributed by atoms with E-state index in [1.807, 2.05) is 84.9 Å². The summed E-state index contributed by atoms with van der Waals surface area (Å²) in [6, 6.07) is 29.9. The number of likely N-dealkylation sites (tertiary alicyclic amines) is 2. The van der Waals surface area contributed by atoms with Crippen LogP contribution in [0.15, 0.2) is 152 Å². The molecule has 4 fully saturated rings. The molecule has 8 N–H and O–H groups in total. The lowest BCUT2D eigenvalue weighted by atomic mass is 9.81. The Bertz CT molecular complexity index is 4910. The van der Waals surface area contributed by atoms with Crippen LogP contribution in [-0.4, -0.2) is 211 Å². The van der Waals surface area contributed by atoms with Gasteiger partial charge in [0.25, 0.3) is 0 Å². The largest absolute Gasteiger partial charge is 0.490 e. The molecule has 8 heterocycles. The number of carboxylic acid groups (broad SMARTS) is 1. The highest BCUT2D eigenvalue weighted by molar-refractivity contribution is 7.90. The van der Waals surface area contributed by atoms with Gasteiger partial charge in [0.05, 0.1) is 48.3 Å². The van der Waals surface area contributed by atoms with Crippen molar-refractivity contribution >= 4 is 90.5 Å². The predicted octanol–water partition coefficient (Wildman–Crippen LogP) is 5.98. The maximum absolute atomic E-state index is 15.5. The number of aromatic nitrogens is 3. The molecule has 3 saturated heterocycles. The van der Waals surface area contributed by atoms with E-state index in [1.165, 1.54) is 14.5 Å². The molecule has 622 valence electrons. The highest BCUT2D eigenvalue weighted by Gasteiger charge is 2.49. The molecule has 6 aromatic carbocycles. The second-order valence-electron chi connectivity index (χ2n) is 32.5. The maximum Gasteiger partial charge on any atom is 0.326 e. The fourth-order valence-electron chi connectivity index (χ4n) is 15.6. The molecule has 15 rings (SSSR count). The quantitative estimate of drug-likeness (QED) is 0.0458. The van der Waals surface area contributed by atoms with E-state index in [-0.39, 0.29) is 89.6 Å². The van der Waals surface area contributed by atoms with Crippen LogP contribution >= 0.6 is 0 Å². The van der Waals surface area contributed by atoms with E-state index >= 15 is 24.0 Å². The van der Waals surface area contributed by atoms with Crippen molar-refractivity contribution in [1.82, 2.24) is 61.4 Å². The number of sulfonamides is 1. The first-order chi connectivity index (χ1) is 56.1. The summed E-state index contributed by atoms with van der Waals surface area (Å²) in [7, 11) is -0.865. The van der Waals surface area contributed by atoms with Crippen molar-refractivity contribution in [2.24, 2.45) is 23.2 Å². The van der Waals surface area contributed by atoms with Crippen LogP contribution in [0.25, 0.3) is 21.5 Å². The number of Topliss-reactive ketones (excluding diaryl/α,β-unsaturated/α-hetero) is 2. The van der Waals surface area contributed by atoms with E-state index in [9.17, 15) is 37.5 Å². The molecule has 8 aliphatic rings. The molecule has 0 spiro atoms. The Morgan fingerprint density at radius 1 is 0.632 bits per heavy atom. The molecule has 7 aliphatic heterocycles. The van der Waals surface area contributed by atoms with E-state index in [1.54, 1.807) is 116 Å². The number of carbonyl (C=O) groups is 10. The first-order valence-electron chi connectivity index (χ1n) is 40.2. The number of nitrogens with zero attached hydrogens (tertiary/aromatic N) is 5. The number of ether oxygens (including phenoxy) is 4. The van der Waals surface area contributed by atoms with Gasteiger partial charge < -0.3 is 65.8 Å². The van der Waals surface area contributed by atoms with Crippen LogP contribution in [0, 0.1) is 23.2 Å². The minimum Gasteiger partial charge on any atom is -0.490 e. The minimum absolute atomic E-state index is 0.00608. The summed E-state index contributed by atoms with van der Waals surface area (Å²) in [5.74, 6) is -8.38. The van der Waals surface area contributed by atoms with Gasteiger partial charge in [0, 0.05) is 76.7 Å². The van der Waals surface area contributed by atoms with E-state index in [2.05, 4.69) is 46.9 Å². The van der Waals surface area contributed by atoms with E-state index in [4.69, 9.17) is 18.9 Å². The van der Waals surface area contributed by atoms with Crippen molar-refractivity contribution in [2.75, 3.05) is 53.6 Å². The van der Waals surface area contributed by atoms with Gasteiger partial charge in [-0.25, -0.2) is 17.9 Å². The van der Waals surface area contributed by atoms with Crippen LogP contribution in [0.3, 0.4) is 0 Å². The first-order valence-corrected chi connectivity index (χ1v) is 41.8. The standard InChI is InChI=1S/C87H106N12O17S/c1-52(88-6)76(100)47-70(60-32-36-113-37-33-60)84(107)98-50-68-46-75(98)83(106)90-71(42-56-18-24-58-14-8-10-16-61(58)39-56)77(101)44-63(80(103)95-117(111,112)69-30-31-69)38-54-20-28-67(29-21-54)116-51-64-48-99(96-94-64)65-45-74(97(49-65)85(108)78(87(3,4)5)93-79(102)53(2)89-7)82(105)91-72(43-57-19-25-59-15-9-11-17-62(59)40-57)81(104)92-73(86(109)110)41-55-22-26-66(27-23-55)114-34-12-13-35-115-68/h8-29,39-40,48,52-53,60,63,65,68-75,78,88-89H,30-38,41-47,49-51H2,1-7H3,(H,90,106)(H,91,105)(H,92,104)(H,93,102)(H,95,103)(H,109,110)/b13-12+/t52-,53-,63+,65-,68-,70-,71-,72-,73-,74-,75-,78+/m0/s1. The number of hydrogen-bond acceptors (Lipinski definition) is 20. The Morgan fingerprint density at radius 3 is 1.81 bits per heavy atom. The summed E-state index contributed by atoms with van der Waals surface area (Å²) in [6.45, 7) is 9.24. The third-order valence-electron chi connectivity index (χ3n) is 22.9. The number of aliphatic carboxylic acids is 1. The molecule has 30 heteroatoms. The van der Waals surface area contributed by atoms with Crippen LogP contribution in [-0.2, 0) is 99.7 Å². The highest BCUT2D eigenvalue weighted by atomic mass is 32.2. The van der Waals surface area contributed by atoms with Gasteiger partial charge in [-0.3, -0.25) is 47.9 Å². The summed E-state index contributed by atoms with van der Waals surface area (Å²) in [4.78, 5) is 150. The molecule has 1 saturated carbocycles. The Labute approximate surface area is 680 Å². The van der Waals surface area contributed by atoms with Crippen molar-refractivity contribution in [2.45, 2.75) is 184 Å². The Morgan fingerprint density at radius 2 is 1.21 bits per heavy atom. The summed E-state index contributed by atoms with van der Waals surface area (Å²) < 4.78 is 55.4. The molecule has 29 nitrogen and oxygen atoms in total. The SMILES string of the molecule is CN[C@@H](C)C(=O)C[C@H](C(=O)N1C[C@@H]2C[C@H]1C(=O)N[C@@H](Cc1ccc3ccccc3c1)C(=O)C[C@H](C(=O)NS(=O)(=O)C1CC1)Cc1ccc(cc1)OCc1cn(nn1)[C@H]1C[C@@H](C(=O)N[C@@H](Cc3ccc4ccccc4c3)C(=O)N[C@H](C(=O)O)Cc3ccc(cc3)OC/C=C/CO2)N(C(=O)[C@@H](NC(=O)[C@H](C)NC)C(C)(C)C)C1)C1CCOCC1. The average Bonchev–Trinajstić information content (AvgIpc) is 1.68. The molecule has 7 amide bonds. The summed E-state index contributed by atoms with van der Waals surface area (Å²) in [6.07, 6.45) is 4.85. The topological polar surface area (TPSA) is 383 Å². The number of hydrogen-bond donors (Lipinski definition) is 8. The molecule has 0 unspecified atom stereocenters. The summed E-state index contributed by atoms with van der Waals surface area (Å²) in [5.41, 5.74) is 1.78. The monoisotopic (exact) mass is 1620 g/mol. The number of amides is 7. The lowest BCUT2D eigenvalue weighted by molar-refractivity contribution is -0.146. The molecular formula is C87H106N12O17S. The molecule has 10 bridgehead atoms. The molecule has 117 heavy (non-hydrogen) atoms. The molecule has 12 atom stereocenters. The number of benzene rings is 6. The van der Waals surface area contributed by atoms with Gasteiger partial charge in [-0.1, -0.05) is 141 Å². The Kier molecular flexibility index (Phi) is 28.2. The smallest absolute Gasteiger partial charge is 0.326 e. The zero-order valence-electron chi connectivity index (χ0n) is 67.1. The number of rotatable bonds is 18. The Hall–Kier alpha value is -10.8. The summed E-state index contributed by atoms with van der Waals surface area (Å²) in [5, 5.41) is 39.8. The fourth-order valence-corrected chi connectivity index (χ4v) is 17.0. The van der Waals surface area contributed by atoms with Crippen LogP contribution in [0.4, 0.5) is 0 Å². The zero-order valence-corrected chi connectivity index (χ0v) is 67.9. The van der Waals surface area contributed by atoms with Gasteiger partial charge in [0.2, 0.25) is 51.4 Å². The summed E-state index contributed by atoms with van der Waals surface area (Å²) >= 11 is 0. The third kappa shape index (κ3) is 22.3. The van der Waals surface area contributed by atoms with E-state index in [0.717, 1.165) is 21.5 Å². The van der Waals surface area contributed by atoms with Gasteiger partial charge in [-0.2, -0.15) is 0 Å². The van der Waals surface area contributed by atoms with Gasteiger partial charge in [-0.05, 0) is 152 Å². The number of carboxylic acids is 1. The van der Waals surface area contributed by atoms with Gasteiger partial charge in [-0.15, -0.1) is 5.10 Å².